The molecule has 1 atom stereocenters. The summed E-state index contributed by atoms with van der Waals surface area (Å²) < 4.78 is 11.9. The Labute approximate surface area is 99.7 Å². The third-order valence-electron chi connectivity index (χ3n) is 2.20. The van der Waals surface area contributed by atoms with Gasteiger partial charge in [0.15, 0.2) is 0 Å². The zero-order chi connectivity index (χ0) is 11.3. The van der Waals surface area contributed by atoms with E-state index in [-0.39, 0.29) is 6.10 Å². The zero-order valence-corrected chi connectivity index (χ0v) is 11.0. The molecule has 0 N–H and O–H groups in total. The summed E-state index contributed by atoms with van der Waals surface area (Å²) in [7, 11) is 1.70. The van der Waals surface area contributed by atoms with E-state index in [1.165, 1.54) is 5.56 Å². The van der Waals surface area contributed by atoms with Crippen LogP contribution in [0.15, 0.2) is 22.7 Å². The Kier molecular flexibility index (Phi) is 5.12. The minimum atomic E-state index is 0.186. The Bertz CT molecular complexity index is 312. The first-order chi connectivity index (χ1) is 7.13. The van der Waals surface area contributed by atoms with E-state index in [1.807, 2.05) is 18.2 Å². The fraction of sp³-hybridized carbons (Fsp3) is 0.500. The summed E-state index contributed by atoms with van der Waals surface area (Å²) in [5.74, 6) is 0.916. The number of hydrogen-bond acceptors (Lipinski definition) is 2. The first-order valence-corrected chi connectivity index (χ1v) is 5.84. The van der Waals surface area contributed by atoms with Crippen molar-refractivity contribution in [3.8, 4) is 5.75 Å². The molecular formula is C12H17BrO2. The molecule has 0 saturated carbocycles. The molecule has 0 aliphatic rings. The molecule has 0 fully saturated rings. The van der Waals surface area contributed by atoms with E-state index in [4.69, 9.17) is 9.47 Å². The predicted octanol–water partition coefficient (Wildman–Crippen LogP) is 3.56. The lowest BCUT2D eigenvalue weighted by Crippen LogP contribution is -2.14. The average molecular weight is 273 g/mol. The maximum atomic E-state index is 5.75. The van der Waals surface area contributed by atoms with Crippen LogP contribution in [-0.2, 0) is 4.74 Å². The predicted molar refractivity (Wildman–Crippen MR) is 65.5 cm³/mol. The number of benzene rings is 1. The van der Waals surface area contributed by atoms with Crippen molar-refractivity contribution in [2.24, 2.45) is 0 Å². The van der Waals surface area contributed by atoms with Crippen LogP contribution in [0, 0.1) is 6.92 Å². The molecular weight excluding hydrogens is 256 g/mol. The van der Waals surface area contributed by atoms with Crippen LogP contribution in [0.5, 0.6) is 5.75 Å². The van der Waals surface area contributed by atoms with Crippen molar-refractivity contribution in [2.45, 2.75) is 26.4 Å². The van der Waals surface area contributed by atoms with Crippen molar-refractivity contribution >= 4 is 15.9 Å². The number of rotatable bonds is 5. The van der Waals surface area contributed by atoms with E-state index in [0.717, 1.165) is 23.2 Å². The molecule has 0 aliphatic heterocycles. The van der Waals surface area contributed by atoms with Crippen LogP contribution in [0.1, 0.15) is 18.9 Å². The van der Waals surface area contributed by atoms with Crippen LogP contribution in [-0.4, -0.2) is 19.8 Å². The quantitative estimate of drug-likeness (QED) is 0.816. The number of aryl methyl sites for hydroxylation is 1. The van der Waals surface area contributed by atoms with Crippen molar-refractivity contribution in [2.75, 3.05) is 13.7 Å². The highest BCUT2D eigenvalue weighted by molar-refractivity contribution is 9.10. The van der Waals surface area contributed by atoms with Crippen LogP contribution < -0.4 is 4.74 Å². The lowest BCUT2D eigenvalue weighted by Gasteiger charge is -2.14. The van der Waals surface area contributed by atoms with Gasteiger partial charge in [-0.25, -0.2) is 0 Å². The third-order valence-corrected chi connectivity index (χ3v) is 3.08. The Balaban J connectivity index is 2.53. The molecule has 1 aromatic carbocycles. The van der Waals surface area contributed by atoms with Gasteiger partial charge in [0.05, 0.1) is 6.10 Å². The van der Waals surface area contributed by atoms with E-state index in [0.29, 0.717) is 0 Å². The molecule has 0 bridgehead atoms. The van der Waals surface area contributed by atoms with Gasteiger partial charge in [-0.1, -0.05) is 15.9 Å². The van der Waals surface area contributed by atoms with Gasteiger partial charge in [0.1, 0.15) is 5.75 Å². The van der Waals surface area contributed by atoms with E-state index in [9.17, 15) is 0 Å². The van der Waals surface area contributed by atoms with E-state index in [1.54, 1.807) is 7.11 Å². The van der Waals surface area contributed by atoms with Gasteiger partial charge in [-0.2, -0.15) is 0 Å². The minimum absolute atomic E-state index is 0.186. The van der Waals surface area contributed by atoms with Gasteiger partial charge in [0.25, 0.3) is 0 Å². The minimum Gasteiger partial charge on any atom is -0.491 e. The highest BCUT2D eigenvalue weighted by atomic mass is 79.9. The summed E-state index contributed by atoms with van der Waals surface area (Å²) in [5.41, 5.74) is 1.19. The molecule has 15 heavy (non-hydrogen) atoms. The molecule has 0 saturated heterocycles. The molecule has 0 aliphatic carbocycles. The molecule has 3 heteroatoms. The normalized spacial score (nSPS) is 12.5. The summed E-state index contributed by atoms with van der Waals surface area (Å²) in [6.45, 7) is 4.84. The van der Waals surface area contributed by atoms with Crippen molar-refractivity contribution in [1.29, 1.82) is 0 Å². The summed E-state index contributed by atoms with van der Waals surface area (Å²) in [6, 6.07) is 6.02. The van der Waals surface area contributed by atoms with Gasteiger partial charge in [-0.15, -0.1) is 0 Å². The Morgan fingerprint density at radius 3 is 2.73 bits per heavy atom. The van der Waals surface area contributed by atoms with Gasteiger partial charge in [0, 0.05) is 24.6 Å². The molecule has 0 heterocycles. The van der Waals surface area contributed by atoms with E-state index in [2.05, 4.69) is 29.8 Å². The first-order valence-electron chi connectivity index (χ1n) is 5.05. The fourth-order valence-corrected chi connectivity index (χ4v) is 1.51. The van der Waals surface area contributed by atoms with Crippen LogP contribution in [0.3, 0.4) is 0 Å². The van der Waals surface area contributed by atoms with Crippen molar-refractivity contribution in [3.05, 3.63) is 28.2 Å². The second-order valence-corrected chi connectivity index (χ2v) is 4.48. The number of hydrogen-bond donors (Lipinski definition) is 0. The Morgan fingerprint density at radius 1 is 1.40 bits per heavy atom. The highest BCUT2D eigenvalue weighted by Gasteiger charge is 2.04. The number of halogens is 1. The maximum absolute atomic E-state index is 5.75. The molecule has 0 radical (unpaired) electrons. The lowest BCUT2D eigenvalue weighted by atomic mass is 10.2. The smallest absolute Gasteiger partial charge is 0.120 e. The summed E-state index contributed by atoms with van der Waals surface area (Å²) in [6.07, 6.45) is 1.09. The third kappa shape index (κ3) is 4.22. The maximum Gasteiger partial charge on any atom is 0.120 e. The van der Waals surface area contributed by atoms with Crippen LogP contribution in [0.25, 0.3) is 0 Å². The van der Waals surface area contributed by atoms with Crippen LogP contribution in [0.4, 0.5) is 0 Å². The standard InChI is InChI=1S/C12H17BrO2/c1-9-8-11(4-5-12(9)13)15-10(2)6-7-14-3/h4-5,8,10H,6-7H2,1-3H3. The topological polar surface area (TPSA) is 18.5 Å². The molecule has 0 aromatic heterocycles. The second kappa shape index (κ2) is 6.13. The highest BCUT2D eigenvalue weighted by Crippen LogP contribution is 2.22. The Hall–Kier alpha value is -0.540. The van der Waals surface area contributed by atoms with Gasteiger partial charge in [-0.05, 0) is 37.6 Å². The number of methoxy groups -OCH3 is 1. The molecule has 0 amide bonds. The molecule has 1 unspecified atom stereocenters. The molecule has 84 valence electrons. The molecule has 1 rings (SSSR count). The lowest BCUT2D eigenvalue weighted by molar-refractivity contribution is 0.135. The van der Waals surface area contributed by atoms with Crippen molar-refractivity contribution in [1.82, 2.24) is 0 Å². The largest absolute Gasteiger partial charge is 0.491 e. The Morgan fingerprint density at radius 2 is 2.13 bits per heavy atom. The summed E-state index contributed by atoms with van der Waals surface area (Å²) in [4.78, 5) is 0. The average Bonchev–Trinajstić information content (AvgIpc) is 2.20. The van der Waals surface area contributed by atoms with Crippen molar-refractivity contribution < 1.29 is 9.47 Å². The van der Waals surface area contributed by atoms with Gasteiger partial charge >= 0.3 is 0 Å². The number of ether oxygens (including phenoxy) is 2. The SMILES string of the molecule is COCCC(C)Oc1ccc(Br)c(C)c1. The van der Waals surface area contributed by atoms with E-state index < -0.39 is 0 Å². The first kappa shape index (κ1) is 12.5. The van der Waals surface area contributed by atoms with Gasteiger partial charge in [0.2, 0.25) is 0 Å². The fourth-order valence-electron chi connectivity index (χ4n) is 1.27. The summed E-state index contributed by atoms with van der Waals surface area (Å²) >= 11 is 3.46. The van der Waals surface area contributed by atoms with E-state index >= 15 is 0 Å². The summed E-state index contributed by atoms with van der Waals surface area (Å²) in [5, 5.41) is 0. The van der Waals surface area contributed by atoms with Gasteiger partial charge in [-0.3, -0.25) is 0 Å². The molecule has 1 aromatic rings. The van der Waals surface area contributed by atoms with Gasteiger partial charge < -0.3 is 9.47 Å². The molecule has 0 spiro atoms. The molecule has 2 nitrogen and oxygen atoms in total. The van der Waals surface area contributed by atoms with Crippen LogP contribution in [0.2, 0.25) is 0 Å². The van der Waals surface area contributed by atoms with Crippen LogP contribution >= 0.6 is 15.9 Å². The monoisotopic (exact) mass is 272 g/mol. The van der Waals surface area contributed by atoms with Crippen molar-refractivity contribution in [3.63, 3.8) is 0 Å². The second-order valence-electron chi connectivity index (χ2n) is 3.62. The zero-order valence-electron chi connectivity index (χ0n) is 9.42.